The van der Waals surface area contributed by atoms with Crippen LogP contribution in [0.2, 0.25) is 0 Å². The molecule has 4 rings (SSSR count). The van der Waals surface area contributed by atoms with E-state index in [1.165, 1.54) is 11.3 Å². The molecule has 1 aliphatic rings. The normalized spacial score (nSPS) is 18.9. The Morgan fingerprint density at radius 3 is 2.52 bits per heavy atom. The zero-order valence-corrected chi connectivity index (χ0v) is 16.2. The molecule has 1 saturated heterocycles. The predicted molar refractivity (Wildman–Crippen MR) is 106 cm³/mol. The summed E-state index contributed by atoms with van der Waals surface area (Å²) < 4.78 is 11.3. The maximum Gasteiger partial charge on any atom is 0.271 e. The maximum atomic E-state index is 13.0. The van der Waals surface area contributed by atoms with E-state index in [2.05, 4.69) is 11.1 Å². The number of anilines is 1. The lowest BCUT2D eigenvalue weighted by Gasteiger charge is -2.45. The number of amides is 1. The summed E-state index contributed by atoms with van der Waals surface area (Å²) in [6, 6.07) is 13.2. The molecule has 0 N–H and O–H groups in total. The molecular weight excluding hydrogens is 360 g/mol. The number of methoxy groups -OCH3 is 1. The number of hydrogen-bond donors (Lipinski definition) is 0. The second kappa shape index (κ2) is 7.04. The third kappa shape index (κ3) is 3.17. The number of thiazole rings is 1. The summed E-state index contributed by atoms with van der Waals surface area (Å²) in [5, 5.41) is 1.96. The van der Waals surface area contributed by atoms with Gasteiger partial charge in [-0.15, -0.1) is 11.3 Å². The summed E-state index contributed by atoms with van der Waals surface area (Å²) in [5.74, 6) is 1.41. The number of carbonyl (C=O) groups excluding carboxylic acids is 1. The number of benzene rings is 2. The largest absolute Gasteiger partial charge is 0.497 e. The number of hydrogen-bond acceptors (Lipinski definition) is 5. The smallest absolute Gasteiger partial charge is 0.271 e. The highest BCUT2D eigenvalue weighted by molar-refractivity contribution is 7.07. The summed E-state index contributed by atoms with van der Waals surface area (Å²) in [4.78, 5) is 19.1. The lowest BCUT2D eigenvalue weighted by molar-refractivity contribution is -0.135. The van der Waals surface area contributed by atoms with Crippen molar-refractivity contribution in [3.05, 3.63) is 70.2 Å². The van der Waals surface area contributed by atoms with E-state index in [4.69, 9.17) is 9.47 Å². The Morgan fingerprint density at radius 2 is 1.89 bits per heavy atom. The second-order valence-electron chi connectivity index (χ2n) is 6.57. The fourth-order valence-corrected chi connectivity index (χ4v) is 3.91. The molecule has 0 radical (unpaired) electrons. The van der Waals surface area contributed by atoms with Gasteiger partial charge in [0, 0.05) is 11.1 Å². The first kappa shape index (κ1) is 17.5. The Hall–Kier alpha value is -2.86. The molecular formula is C21H20N2O3S. The number of aryl methyl sites for hydroxylation is 2. The molecule has 0 bridgehead atoms. The van der Waals surface area contributed by atoms with Crippen molar-refractivity contribution in [2.24, 2.45) is 0 Å². The highest BCUT2D eigenvalue weighted by atomic mass is 32.1. The van der Waals surface area contributed by atoms with Crippen molar-refractivity contribution in [1.82, 2.24) is 4.98 Å². The fourth-order valence-electron chi connectivity index (χ4n) is 3.33. The molecule has 27 heavy (non-hydrogen) atoms. The van der Waals surface area contributed by atoms with E-state index < -0.39 is 6.10 Å². The van der Waals surface area contributed by atoms with E-state index in [0.717, 1.165) is 34.0 Å². The third-order valence-corrected chi connectivity index (χ3v) is 5.34. The molecule has 5 nitrogen and oxygen atoms in total. The maximum absolute atomic E-state index is 13.0. The van der Waals surface area contributed by atoms with E-state index in [0.29, 0.717) is 0 Å². The summed E-state index contributed by atoms with van der Waals surface area (Å²) in [6.45, 7) is 4.03. The van der Waals surface area contributed by atoms with Crippen LogP contribution in [0.3, 0.4) is 0 Å². The van der Waals surface area contributed by atoms with Crippen molar-refractivity contribution in [3.8, 4) is 11.5 Å². The molecule has 2 heterocycles. The van der Waals surface area contributed by atoms with Crippen LogP contribution >= 0.6 is 11.3 Å². The minimum atomic E-state index is -0.587. The molecule has 0 unspecified atom stereocenters. The average molecular weight is 380 g/mol. The molecule has 0 spiro atoms. The van der Waals surface area contributed by atoms with E-state index in [-0.39, 0.29) is 11.9 Å². The predicted octanol–water partition coefficient (Wildman–Crippen LogP) is 4.30. The average Bonchev–Trinajstić information content (AvgIpc) is 3.19. The van der Waals surface area contributed by atoms with Crippen LogP contribution < -0.4 is 14.4 Å². The molecule has 0 saturated carbocycles. The van der Waals surface area contributed by atoms with Gasteiger partial charge in [0.2, 0.25) is 6.10 Å². The Bertz CT molecular complexity index is 954. The van der Waals surface area contributed by atoms with Gasteiger partial charge in [0.25, 0.3) is 5.91 Å². The second-order valence-corrected chi connectivity index (χ2v) is 7.29. The summed E-state index contributed by atoms with van der Waals surface area (Å²) in [5.41, 5.74) is 5.60. The molecule has 1 amide bonds. The van der Waals surface area contributed by atoms with Gasteiger partial charge in [-0.25, -0.2) is 4.98 Å². The van der Waals surface area contributed by atoms with Gasteiger partial charge >= 0.3 is 0 Å². The summed E-state index contributed by atoms with van der Waals surface area (Å²) in [7, 11) is 1.62. The molecule has 3 aromatic rings. The van der Waals surface area contributed by atoms with Crippen molar-refractivity contribution >= 4 is 22.9 Å². The molecule has 1 aliphatic heterocycles. The van der Waals surface area contributed by atoms with Gasteiger partial charge in [0.1, 0.15) is 17.5 Å². The topological polar surface area (TPSA) is 51.7 Å². The van der Waals surface area contributed by atoms with Crippen LogP contribution in [0.1, 0.15) is 22.9 Å². The van der Waals surface area contributed by atoms with E-state index in [1.54, 1.807) is 17.5 Å². The molecule has 138 valence electrons. The summed E-state index contributed by atoms with van der Waals surface area (Å²) >= 11 is 1.51. The minimum Gasteiger partial charge on any atom is -0.497 e. The van der Waals surface area contributed by atoms with Gasteiger partial charge in [-0.05, 0) is 49.7 Å². The zero-order valence-electron chi connectivity index (χ0n) is 15.4. The van der Waals surface area contributed by atoms with E-state index in [1.807, 2.05) is 55.6 Å². The van der Waals surface area contributed by atoms with Gasteiger partial charge in [-0.3, -0.25) is 9.69 Å². The summed E-state index contributed by atoms with van der Waals surface area (Å²) in [6.07, 6.45) is -0.587. The van der Waals surface area contributed by atoms with Crippen LogP contribution in [0.15, 0.2) is 53.4 Å². The number of β-lactam (4-membered cyclic amide) rings is 1. The van der Waals surface area contributed by atoms with Crippen molar-refractivity contribution < 1.29 is 14.3 Å². The van der Waals surface area contributed by atoms with Crippen molar-refractivity contribution in [2.75, 3.05) is 12.0 Å². The van der Waals surface area contributed by atoms with Gasteiger partial charge in [0.15, 0.2) is 0 Å². The Morgan fingerprint density at radius 1 is 1.11 bits per heavy atom. The Balaban J connectivity index is 1.65. The number of aromatic nitrogens is 1. The van der Waals surface area contributed by atoms with Gasteiger partial charge < -0.3 is 9.47 Å². The van der Waals surface area contributed by atoms with Gasteiger partial charge in [0.05, 0.1) is 18.3 Å². The van der Waals surface area contributed by atoms with E-state index >= 15 is 0 Å². The van der Waals surface area contributed by atoms with E-state index in [9.17, 15) is 4.79 Å². The monoisotopic (exact) mass is 380 g/mol. The van der Waals surface area contributed by atoms with Crippen molar-refractivity contribution in [2.45, 2.75) is 26.0 Å². The minimum absolute atomic E-state index is 0.0712. The molecule has 6 heteroatoms. The standard InChI is InChI=1S/C21H20N2O3S/c1-13-4-9-18(14(2)10-13)26-20-19(17-11-27-12-22-17)23(21(20)24)15-5-7-16(25-3)8-6-15/h4-12,19-20H,1-3H3/t19-,20-/m1/s1. The molecule has 0 aliphatic carbocycles. The third-order valence-electron chi connectivity index (χ3n) is 4.74. The highest BCUT2D eigenvalue weighted by Crippen LogP contribution is 2.41. The van der Waals surface area contributed by atoms with Crippen LogP contribution in [0.5, 0.6) is 11.5 Å². The van der Waals surface area contributed by atoms with Crippen molar-refractivity contribution in [3.63, 3.8) is 0 Å². The number of ether oxygens (including phenoxy) is 2. The lowest BCUT2D eigenvalue weighted by atomic mass is 9.93. The first-order valence-corrected chi connectivity index (χ1v) is 9.62. The van der Waals surface area contributed by atoms with Gasteiger partial charge in [-0.2, -0.15) is 0 Å². The van der Waals surface area contributed by atoms with Crippen molar-refractivity contribution in [1.29, 1.82) is 0 Å². The number of rotatable bonds is 5. The van der Waals surface area contributed by atoms with Gasteiger partial charge in [-0.1, -0.05) is 17.7 Å². The van der Waals surface area contributed by atoms with Crippen LogP contribution in [0.25, 0.3) is 0 Å². The molecule has 1 aromatic heterocycles. The van der Waals surface area contributed by atoms with Crippen LogP contribution in [0.4, 0.5) is 5.69 Å². The molecule has 2 atom stereocenters. The first-order valence-electron chi connectivity index (χ1n) is 8.67. The molecule has 1 fully saturated rings. The highest BCUT2D eigenvalue weighted by Gasteiger charge is 2.52. The van der Waals surface area contributed by atoms with Crippen LogP contribution in [-0.2, 0) is 4.79 Å². The Labute approximate surface area is 162 Å². The fraction of sp³-hybridized carbons (Fsp3) is 0.238. The zero-order chi connectivity index (χ0) is 19.0. The SMILES string of the molecule is COc1ccc(N2C(=O)[C@H](Oc3ccc(C)cc3C)[C@H]2c2cscn2)cc1. The quantitative estimate of drug-likeness (QED) is 0.619. The number of nitrogens with zero attached hydrogens (tertiary/aromatic N) is 2. The van der Waals surface area contributed by atoms with Crippen LogP contribution in [0, 0.1) is 13.8 Å². The Kier molecular flexibility index (Phi) is 4.58. The van der Waals surface area contributed by atoms with Crippen LogP contribution in [-0.4, -0.2) is 24.1 Å². The number of carbonyl (C=O) groups is 1. The molecule has 2 aromatic carbocycles. The lowest BCUT2D eigenvalue weighted by Crippen LogP contribution is -2.61. The first-order chi connectivity index (χ1) is 13.1.